The van der Waals surface area contributed by atoms with Gasteiger partial charge >= 0.3 is 5.97 Å². The number of β-amino-alcohol motifs (C(OH)–C–C–N with tert-alkyl or cyclic N) is 1. The molecule has 5 amide bonds. The molecule has 5 rings (SSSR count). The van der Waals surface area contributed by atoms with Crippen LogP contribution in [-0.2, 0) is 43.0 Å². The van der Waals surface area contributed by atoms with E-state index >= 15 is 4.79 Å². The summed E-state index contributed by atoms with van der Waals surface area (Å²) in [7, 11) is 0. The maximum Gasteiger partial charge on any atom is 0.332 e. The van der Waals surface area contributed by atoms with Crippen molar-refractivity contribution in [3.63, 3.8) is 0 Å². The summed E-state index contributed by atoms with van der Waals surface area (Å²) < 4.78 is 12.8. The Hall–Kier alpha value is -3.83. The van der Waals surface area contributed by atoms with E-state index in [9.17, 15) is 54.5 Å². The molecule has 4 aliphatic heterocycles. The Morgan fingerprint density at radius 2 is 1.46 bits per heavy atom. The molecule has 398 valence electrons. The molecular weight excluding hydrogens is 911 g/mol. The Balaban J connectivity index is 1.64. The summed E-state index contributed by atoms with van der Waals surface area (Å²) in [5.41, 5.74) is -0.465. The predicted octanol–water partition coefficient (Wildman–Crippen LogP) is 2.35. The second-order valence-corrected chi connectivity index (χ2v) is 22.9. The summed E-state index contributed by atoms with van der Waals surface area (Å²) in [5.74, 6) is -13.5. The zero-order valence-corrected chi connectivity index (χ0v) is 43.6. The zero-order chi connectivity index (χ0) is 52.8. The van der Waals surface area contributed by atoms with Crippen LogP contribution in [-0.4, -0.2) is 159 Å². The van der Waals surface area contributed by atoms with Crippen molar-refractivity contribution in [3.05, 3.63) is 0 Å². The standard InChI is InChI=1S/C49H83N7O14/c1-14-28(7)23-30-18-21-49(66,70-48(30,13)15-2)45(9,10)44(63)52-35-38(27(5)6)69-43(62)36(26(3)4)56(68)41(60)34-31(19-20-47(34,12)65)37(57)33-24-46(11,64)25-51-54(33)39(58)29(8)55(67)40(59)32-17-16-22-50-53(32)42(35)61/h26-36,38,50-51,64-68H,14-25H2,1-13H3,(H,52,63). The summed E-state index contributed by atoms with van der Waals surface area (Å²) in [4.78, 5) is 103. The number of ether oxygens (including phenoxy) is 2. The molecule has 0 radical (unpaired) electrons. The van der Waals surface area contributed by atoms with Gasteiger partial charge in [0, 0.05) is 31.8 Å². The van der Waals surface area contributed by atoms with Gasteiger partial charge in [0.05, 0.1) is 28.1 Å². The first-order valence-electron chi connectivity index (χ1n) is 25.4. The van der Waals surface area contributed by atoms with Crippen molar-refractivity contribution >= 4 is 41.3 Å². The molecule has 21 nitrogen and oxygen atoms in total. The van der Waals surface area contributed by atoms with Crippen LogP contribution in [0.5, 0.6) is 0 Å². The van der Waals surface area contributed by atoms with E-state index in [1.165, 1.54) is 48.5 Å². The molecule has 14 atom stereocenters. The molecule has 5 aliphatic rings. The number of fused-ring (bicyclic) bond motifs is 3. The third kappa shape index (κ3) is 11.1. The molecule has 4 heterocycles. The van der Waals surface area contributed by atoms with E-state index in [0.29, 0.717) is 25.2 Å². The van der Waals surface area contributed by atoms with Gasteiger partial charge in [0.1, 0.15) is 30.3 Å². The van der Waals surface area contributed by atoms with Crippen molar-refractivity contribution in [1.82, 2.24) is 36.3 Å². The number of nitrogens with zero attached hydrogens (tertiary/aromatic N) is 4. The molecular formula is C49H83N7O14. The lowest BCUT2D eigenvalue weighted by Gasteiger charge is -2.54. The quantitative estimate of drug-likeness (QED) is 0.122. The average Bonchev–Trinajstić information content (AvgIpc) is 3.62. The lowest BCUT2D eigenvalue weighted by Crippen LogP contribution is -2.69. The number of carbonyl (C=O) groups excluding carboxylic acids is 7. The Bertz CT molecular complexity index is 1980. The smallest absolute Gasteiger partial charge is 0.332 e. The highest BCUT2D eigenvalue weighted by Crippen LogP contribution is 2.50. The fraction of sp³-hybridized carbons (Fsp3) is 0.857. The number of amides is 5. The minimum Gasteiger partial charge on any atom is -0.458 e. The Morgan fingerprint density at radius 1 is 0.829 bits per heavy atom. The molecule has 5 fully saturated rings. The number of hydrogen-bond acceptors (Lipinski definition) is 16. The van der Waals surface area contributed by atoms with Crippen LogP contribution < -0.4 is 16.2 Å². The minimum absolute atomic E-state index is 0.0409. The first-order valence-corrected chi connectivity index (χ1v) is 25.4. The molecule has 8 N–H and O–H groups in total. The van der Waals surface area contributed by atoms with Crippen molar-refractivity contribution in [1.29, 1.82) is 0 Å². The molecule has 0 aromatic heterocycles. The molecule has 14 unspecified atom stereocenters. The van der Waals surface area contributed by atoms with Crippen LogP contribution in [0.3, 0.4) is 0 Å². The minimum atomic E-state index is -2.06. The summed E-state index contributed by atoms with van der Waals surface area (Å²) >= 11 is 0. The van der Waals surface area contributed by atoms with Crippen molar-refractivity contribution in [2.75, 3.05) is 13.1 Å². The first kappa shape index (κ1) is 57.1. The summed E-state index contributed by atoms with van der Waals surface area (Å²) in [6.45, 7) is 21.2. The highest BCUT2D eigenvalue weighted by Gasteiger charge is 2.60. The van der Waals surface area contributed by atoms with Crippen LogP contribution in [0.2, 0.25) is 0 Å². The van der Waals surface area contributed by atoms with Gasteiger partial charge in [-0.1, -0.05) is 54.9 Å². The van der Waals surface area contributed by atoms with Gasteiger partial charge in [-0.05, 0) is 110 Å². The maximum absolute atomic E-state index is 15.3. The molecule has 0 bridgehead atoms. The van der Waals surface area contributed by atoms with Crippen LogP contribution in [0.4, 0.5) is 0 Å². The van der Waals surface area contributed by atoms with Crippen molar-refractivity contribution in [2.24, 2.45) is 40.9 Å². The van der Waals surface area contributed by atoms with Crippen LogP contribution in [0.1, 0.15) is 154 Å². The molecule has 4 saturated heterocycles. The van der Waals surface area contributed by atoms with Gasteiger partial charge in [-0.2, -0.15) is 0 Å². The Kier molecular flexibility index (Phi) is 17.4. The summed E-state index contributed by atoms with van der Waals surface area (Å²) in [5, 5.41) is 63.6. The number of ketones is 1. The van der Waals surface area contributed by atoms with Crippen molar-refractivity contribution in [3.8, 4) is 0 Å². The number of esters is 1. The van der Waals surface area contributed by atoms with E-state index in [1.54, 1.807) is 13.8 Å². The van der Waals surface area contributed by atoms with Crippen molar-refractivity contribution in [2.45, 2.75) is 213 Å². The molecule has 70 heavy (non-hydrogen) atoms. The van der Waals surface area contributed by atoms with Crippen LogP contribution in [0.25, 0.3) is 0 Å². The number of rotatable bonds is 9. The largest absolute Gasteiger partial charge is 0.458 e. The molecule has 21 heteroatoms. The van der Waals surface area contributed by atoms with E-state index in [-0.39, 0.29) is 61.2 Å². The highest BCUT2D eigenvalue weighted by atomic mass is 16.6. The number of hydrogen-bond donors (Lipinski definition) is 8. The monoisotopic (exact) mass is 994 g/mol. The van der Waals surface area contributed by atoms with Crippen LogP contribution in [0, 0.1) is 40.9 Å². The van der Waals surface area contributed by atoms with Gasteiger partial charge in [0.15, 0.2) is 17.6 Å². The third-order valence-corrected chi connectivity index (χ3v) is 16.4. The Morgan fingerprint density at radius 3 is 2.04 bits per heavy atom. The maximum atomic E-state index is 15.3. The predicted molar refractivity (Wildman–Crippen MR) is 251 cm³/mol. The van der Waals surface area contributed by atoms with Gasteiger partial charge in [-0.15, -0.1) is 0 Å². The number of cyclic esters (lactones) is 1. The van der Waals surface area contributed by atoms with E-state index in [0.717, 1.165) is 22.9 Å². The van der Waals surface area contributed by atoms with Crippen molar-refractivity contribution < 1.29 is 68.8 Å². The second kappa shape index (κ2) is 21.3. The SMILES string of the molecule is CCC(C)CC1CCC(O)(C(C)(C)C(=O)NC2C(=O)N3NCCCC3C(=O)N(O)C(C)C(=O)N3NCC(C)(O)CC3C(=O)C3CCC(C)(O)C3C(=O)N(O)C(C(C)C)C(=O)OC2C(C)C)OC1(C)CC. The number of nitrogens with one attached hydrogen (secondary N) is 3. The Labute approximate surface area is 412 Å². The molecule has 0 spiro atoms. The molecule has 0 aromatic carbocycles. The van der Waals surface area contributed by atoms with Gasteiger partial charge in [-0.3, -0.25) is 49.2 Å². The van der Waals surface area contributed by atoms with E-state index in [4.69, 9.17) is 9.47 Å². The number of Topliss-reactive ketones (excluding diaryl/α,β-unsaturated/α-hetero) is 1. The normalized spacial score (nSPS) is 38.4. The van der Waals surface area contributed by atoms with Gasteiger partial charge < -0.3 is 30.1 Å². The third-order valence-electron chi connectivity index (χ3n) is 16.4. The number of carbonyl (C=O) groups is 7. The summed E-state index contributed by atoms with van der Waals surface area (Å²) in [6.07, 6.45) is 1.04. The lowest BCUT2D eigenvalue weighted by molar-refractivity contribution is -0.340. The van der Waals surface area contributed by atoms with Gasteiger partial charge in [0.25, 0.3) is 23.6 Å². The second-order valence-electron chi connectivity index (χ2n) is 22.9. The number of hydrazine groups is 2. The van der Waals surface area contributed by atoms with Crippen LogP contribution >= 0.6 is 0 Å². The fourth-order valence-electron chi connectivity index (χ4n) is 11.1. The van der Waals surface area contributed by atoms with Crippen LogP contribution in [0.15, 0.2) is 0 Å². The van der Waals surface area contributed by atoms with Gasteiger partial charge in [-0.25, -0.2) is 25.8 Å². The number of hydroxylamine groups is 4. The van der Waals surface area contributed by atoms with E-state index < -0.39 is 129 Å². The average molecular weight is 994 g/mol. The molecule has 0 aromatic rings. The zero-order valence-electron chi connectivity index (χ0n) is 43.6. The van der Waals surface area contributed by atoms with Gasteiger partial charge in [0.2, 0.25) is 5.91 Å². The molecule has 1 aliphatic carbocycles. The van der Waals surface area contributed by atoms with E-state index in [1.807, 2.05) is 13.8 Å². The lowest BCUT2D eigenvalue weighted by atomic mass is 9.69. The fourth-order valence-corrected chi connectivity index (χ4v) is 11.1. The number of aliphatic hydroxyl groups is 3. The van der Waals surface area contributed by atoms with E-state index in [2.05, 4.69) is 30.0 Å². The summed E-state index contributed by atoms with van der Waals surface area (Å²) in [6, 6.07) is -8.38. The highest BCUT2D eigenvalue weighted by molar-refractivity contribution is 5.98. The topological polar surface area (TPSA) is 288 Å². The first-order chi connectivity index (χ1) is 32.3. The molecule has 1 saturated carbocycles.